The lowest BCUT2D eigenvalue weighted by Gasteiger charge is -2.40. The Labute approximate surface area is 317 Å². The van der Waals surface area contributed by atoms with Gasteiger partial charge in [0, 0.05) is 33.9 Å². The molecule has 2 aliphatic rings. The molecule has 0 fully saturated rings. The second kappa shape index (κ2) is 12.7. The van der Waals surface area contributed by atoms with Gasteiger partial charge in [0.2, 0.25) is 0 Å². The normalized spacial score (nSPS) is 13.4. The van der Waals surface area contributed by atoms with Gasteiger partial charge in [-0.2, -0.15) is 0 Å². The summed E-state index contributed by atoms with van der Waals surface area (Å²) >= 11 is 0. The van der Waals surface area contributed by atoms with Crippen LogP contribution in [-0.4, -0.2) is 0 Å². The minimum atomic E-state index is -0.113. The highest BCUT2D eigenvalue weighted by Gasteiger charge is 2.36. The third-order valence-corrected chi connectivity index (χ3v) is 11.1. The van der Waals surface area contributed by atoms with Crippen LogP contribution >= 0.6 is 0 Å². The molecule has 258 valence electrons. The number of anilines is 9. The van der Waals surface area contributed by atoms with Crippen molar-refractivity contribution in [3.05, 3.63) is 211 Å². The molecule has 0 spiro atoms. The van der Waals surface area contributed by atoms with E-state index >= 15 is 0 Å². The van der Waals surface area contributed by atoms with Crippen LogP contribution in [0.4, 0.5) is 51.2 Å². The van der Waals surface area contributed by atoms with Gasteiger partial charge in [0.25, 0.3) is 0 Å². The molecule has 3 heteroatoms. The second-order valence-electron chi connectivity index (χ2n) is 14.7. The molecule has 0 N–H and O–H groups in total. The Morgan fingerprint density at radius 3 is 1.50 bits per heavy atom. The summed E-state index contributed by atoms with van der Waals surface area (Å²) in [5, 5.41) is 0. The highest BCUT2D eigenvalue weighted by Crippen LogP contribution is 2.55. The number of fused-ring (bicyclic) bond motifs is 5. The van der Waals surface area contributed by atoms with Crippen molar-refractivity contribution in [2.24, 2.45) is 0 Å². The molecule has 1 aliphatic carbocycles. The fourth-order valence-corrected chi connectivity index (χ4v) is 8.56. The first-order valence-electron chi connectivity index (χ1n) is 18.7. The van der Waals surface area contributed by atoms with Crippen LogP contribution < -0.4 is 14.7 Å². The van der Waals surface area contributed by atoms with Gasteiger partial charge in [-0.15, -0.1) is 0 Å². The van der Waals surface area contributed by atoms with Crippen LogP contribution in [0.3, 0.4) is 0 Å². The highest BCUT2D eigenvalue weighted by molar-refractivity contribution is 6.02. The van der Waals surface area contributed by atoms with Crippen molar-refractivity contribution in [1.29, 1.82) is 0 Å². The van der Waals surface area contributed by atoms with Gasteiger partial charge < -0.3 is 14.7 Å². The molecule has 0 saturated carbocycles. The van der Waals surface area contributed by atoms with Crippen LogP contribution in [-0.2, 0) is 5.41 Å². The van der Waals surface area contributed by atoms with Crippen molar-refractivity contribution < 1.29 is 0 Å². The SMILES string of the molecule is CC1(C)c2ccccc2-c2ccc(N(c3ccc(-c4ccccc4)cc3)c3cccc(N4c5ccccc5N(c5ccccc5)c5ccccc54)c3)cc21. The van der Waals surface area contributed by atoms with Crippen LogP contribution in [0.15, 0.2) is 200 Å². The summed E-state index contributed by atoms with van der Waals surface area (Å²) in [5.74, 6) is 0. The van der Waals surface area contributed by atoms with E-state index in [0.717, 1.165) is 51.2 Å². The Kier molecular flexibility index (Phi) is 7.48. The number of benzene rings is 8. The Morgan fingerprint density at radius 1 is 0.352 bits per heavy atom. The predicted octanol–water partition coefficient (Wildman–Crippen LogP) is 14.4. The molecule has 1 heterocycles. The van der Waals surface area contributed by atoms with Crippen LogP contribution in [0.25, 0.3) is 22.3 Å². The molecule has 0 atom stereocenters. The average molecular weight is 694 g/mol. The smallest absolute Gasteiger partial charge is 0.0703 e. The van der Waals surface area contributed by atoms with Gasteiger partial charge in [-0.3, -0.25) is 0 Å². The maximum absolute atomic E-state index is 2.41. The first-order chi connectivity index (χ1) is 26.6. The topological polar surface area (TPSA) is 9.72 Å². The zero-order valence-corrected chi connectivity index (χ0v) is 30.4. The van der Waals surface area contributed by atoms with Crippen LogP contribution in [0.1, 0.15) is 25.0 Å². The summed E-state index contributed by atoms with van der Waals surface area (Å²) in [5.41, 5.74) is 17.8. The third kappa shape index (κ3) is 5.12. The maximum atomic E-state index is 2.41. The number of para-hydroxylation sites is 5. The Morgan fingerprint density at radius 2 is 0.833 bits per heavy atom. The molecule has 0 bridgehead atoms. The molecule has 0 unspecified atom stereocenters. The van der Waals surface area contributed by atoms with Crippen molar-refractivity contribution in [1.82, 2.24) is 0 Å². The Balaban J connectivity index is 1.13. The molecular formula is C51H39N3. The zero-order valence-electron chi connectivity index (χ0n) is 30.4. The predicted molar refractivity (Wildman–Crippen MR) is 227 cm³/mol. The van der Waals surface area contributed by atoms with E-state index in [1.807, 2.05) is 0 Å². The Hall–Kier alpha value is -6.84. The van der Waals surface area contributed by atoms with Crippen molar-refractivity contribution in [2.75, 3.05) is 14.7 Å². The fraction of sp³-hybridized carbons (Fsp3) is 0.0588. The molecule has 0 saturated heterocycles. The summed E-state index contributed by atoms with van der Waals surface area (Å²) in [6, 6.07) is 72.6. The largest absolute Gasteiger partial charge is 0.310 e. The number of hydrogen-bond acceptors (Lipinski definition) is 3. The lowest BCUT2D eigenvalue weighted by Crippen LogP contribution is -2.24. The van der Waals surface area contributed by atoms with E-state index in [1.165, 1.54) is 33.4 Å². The minimum Gasteiger partial charge on any atom is -0.310 e. The van der Waals surface area contributed by atoms with Crippen molar-refractivity contribution in [3.8, 4) is 22.3 Å². The molecule has 3 nitrogen and oxygen atoms in total. The molecule has 54 heavy (non-hydrogen) atoms. The lowest BCUT2D eigenvalue weighted by molar-refractivity contribution is 0.660. The standard InChI is InChI=1S/C51H39N3/c1-51(2)45-23-10-9-22-43(45)44-33-32-42(35-46(44)51)52(39-30-28-37(29-31-39)36-16-5-3-6-17-36)40-20-15-21-41(34-40)54-49-26-13-11-24-47(49)53(38-18-7-4-8-19-38)48-25-12-14-27-50(48)54/h3-35H,1-2H3. The quantitative estimate of drug-likeness (QED) is 0.172. The van der Waals surface area contributed by atoms with Gasteiger partial charge in [0.15, 0.2) is 0 Å². The molecule has 1 aliphatic heterocycles. The van der Waals surface area contributed by atoms with E-state index < -0.39 is 0 Å². The fourth-order valence-electron chi connectivity index (χ4n) is 8.56. The van der Waals surface area contributed by atoms with Gasteiger partial charge in [0.1, 0.15) is 0 Å². The van der Waals surface area contributed by atoms with Crippen LogP contribution in [0.2, 0.25) is 0 Å². The second-order valence-corrected chi connectivity index (χ2v) is 14.7. The van der Waals surface area contributed by atoms with Gasteiger partial charge >= 0.3 is 0 Å². The maximum Gasteiger partial charge on any atom is 0.0703 e. The number of rotatable bonds is 6. The first kappa shape index (κ1) is 31.9. The summed E-state index contributed by atoms with van der Waals surface area (Å²) < 4.78 is 0. The van der Waals surface area contributed by atoms with Gasteiger partial charge in [0.05, 0.1) is 22.7 Å². The molecule has 10 rings (SSSR count). The van der Waals surface area contributed by atoms with Crippen molar-refractivity contribution >= 4 is 51.2 Å². The lowest BCUT2D eigenvalue weighted by atomic mass is 9.82. The van der Waals surface area contributed by atoms with E-state index in [2.05, 4.69) is 229 Å². The third-order valence-electron chi connectivity index (χ3n) is 11.1. The van der Waals surface area contributed by atoms with E-state index in [0.29, 0.717) is 0 Å². The van der Waals surface area contributed by atoms with Gasteiger partial charge in [-0.1, -0.05) is 135 Å². The summed E-state index contributed by atoms with van der Waals surface area (Å²) in [7, 11) is 0. The van der Waals surface area contributed by atoms with E-state index in [4.69, 9.17) is 0 Å². The van der Waals surface area contributed by atoms with Gasteiger partial charge in [-0.25, -0.2) is 0 Å². The van der Waals surface area contributed by atoms with Gasteiger partial charge in [-0.05, 0) is 112 Å². The summed E-state index contributed by atoms with van der Waals surface area (Å²) in [6.07, 6.45) is 0. The van der Waals surface area contributed by atoms with E-state index in [1.54, 1.807) is 0 Å². The van der Waals surface area contributed by atoms with Crippen molar-refractivity contribution in [2.45, 2.75) is 19.3 Å². The first-order valence-corrected chi connectivity index (χ1v) is 18.7. The molecule has 0 radical (unpaired) electrons. The average Bonchev–Trinajstić information content (AvgIpc) is 3.46. The van der Waals surface area contributed by atoms with Crippen LogP contribution in [0, 0.1) is 0 Å². The molecule has 8 aromatic rings. The summed E-state index contributed by atoms with van der Waals surface area (Å²) in [6.45, 7) is 4.70. The Bertz CT molecular complexity index is 2600. The monoisotopic (exact) mass is 693 g/mol. The molecule has 0 amide bonds. The van der Waals surface area contributed by atoms with E-state index in [-0.39, 0.29) is 5.41 Å². The van der Waals surface area contributed by atoms with Crippen LogP contribution in [0.5, 0.6) is 0 Å². The summed E-state index contributed by atoms with van der Waals surface area (Å²) in [4.78, 5) is 7.19. The molecule has 8 aromatic carbocycles. The zero-order chi connectivity index (χ0) is 36.2. The molecule has 0 aromatic heterocycles. The number of hydrogen-bond donors (Lipinski definition) is 0. The van der Waals surface area contributed by atoms with Crippen molar-refractivity contribution in [3.63, 3.8) is 0 Å². The highest BCUT2D eigenvalue weighted by atomic mass is 15.3. The minimum absolute atomic E-state index is 0.113. The molecular weight excluding hydrogens is 655 g/mol. The van der Waals surface area contributed by atoms with E-state index in [9.17, 15) is 0 Å². The number of nitrogens with zero attached hydrogens (tertiary/aromatic N) is 3.